The van der Waals surface area contributed by atoms with E-state index in [4.69, 9.17) is 9.97 Å². The van der Waals surface area contributed by atoms with Crippen molar-refractivity contribution in [2.24, 2.45) is 0 Å². The lowest BCUT2D eigenvalue weighted by Gasteiger charge is -2.15. The van der Waals surface area contributed by atoms with E-state index in [1.807, 2.05) is 0 Å². The molecule has 8 rings (SSSR count). The zero-order valence-corrected chi connectivity index (χ0v) is 23.4. The van der Waals surface area contributed by atoms with Crippen LogP contribution in [-0.2, 0) is 0 Å². The summed E-state index contributed by atoms with van der Waals surface area (Å²) in [5, 5.41) is 9.24. The van der Waals surface area contributed by atoms with Crippen LogP contribution in [0.2, 0.25) is 0 Å². The van der Waals surface area contributed by atoms with Crippen LogP contribution in [0.5, 0.6) is 0 Å². The van der Waals surface area contributed by atoms with Crippen LogP contribution in [-0.4, -0.2) is 9.97 Å². The van der Waals surface area contributed by atoms with Crippen molar-refractivity contribution in [3.05, 3.63) is 158 Å². The van der Waals surface area contributed by atoms with Gasteiger partial charge in [-0.25, -0.2) is 9.97 Å². The lowest BCUT2D eigenvalue weighted by molar-refractivity contribution is 1.22. The van der Waals surface area contributed by atoms with Gasteiger partial charge in [-0.3, -0.25) is 0 Å². The standard InChI is InChI=1S/C40H27N3/c1-3-11-27(12-4-1)32-23-33(28-13-5-2-6-14-28)25-34(24-32)39-38-36-18-10-9-16-30(36)20-22-37(38)42-40(43-39)41-35-21-19-29-15-7-8-17-31(29)26-35/h1-26H,(H,41,42,43). The van der Waals surface area contributed by atoms with Crippen LogP contribution in [0.4, 0.5) is 11.6 Å². The highest BCUT2D eigenvalue weighted by molar-refractivity contribution is 6.12. The zero-order chi connectivity index (χ0) is 28.6. The number of hydrogen-bond donors (Lipinski definition) is 1. The third-order valence-corrected chi connectivity index (χ3v) is 8.01. The molecule has 1 heterocycles. The van der Waals surface area contributed by atoms with Crippen molar-refractivity contribution in [3.63, 3.8) is 0 Å². The number of fused-ring (bicyclic) bond motifs is 4. The predicted octanol–water partition coefficient (Wildman–Crippen LogP) is 10.7. The molecule has 3 nitrogen and oxygen atoms in total. The second kappa shape index (κ2) is 10.6. The topological polar surface area (TPSA) is 37.8 Å². The van der Waals surface area contributed by atoms with Crippen molar-refractivity contribution in [2.45, 2.75) is 0 Å². The molecular formula is C40H27N3. The van der Waals surface area contributed by atoms with Gasteiger partial charge in [0.2, 0.25) is 5.95 Å². The zero-order valence-electron chi connectivity index (χ0n) is 23.4. The van der Waals surface area contributed by atoms with E-state index in [1.54, 1.807) is 0 Å². The first-order valence-corrected chi connectivity index (χ1v) is 14.5. The molecule has 202 valence electrons. The quantitative estimate of drug-likeness (QED) is 0.217. The van der Waals surface area contributed by atoms with Crippen LogP contribution in [0.1, 0.15) is 0 Å². The summed E-state index contributed by atoms with van der Waals surface area (Å²) in [6.45, 7) is 0. The number of aromatic nitrogens is 2. The molecule has 1 aromatic heterocycles. The van der Waals surface area contributed by atoms with E-state index in [9.17, 15) is 0 Å². The Labute approximate surface area is 250 Å². The summed E-state index contributed by atoms with van der Waals surface area (Å²) < 4.78 is 0. The fourth-order valence-corrected chi connectivity index (χ4v) is 5.92. The molecule has 0 bridgehead atoms. The van der Waals surface area contributed by atoms with Crippen molar-refractivity contribution < 1.29 is 0 Å². The Morgan fingerprint density at radius 3 is 1.70 bits per heavy atom. The van der Waals surface area contributed by atoms with E-state index >= 15 is 0 Å². The molecule has 43 heavy (non-hydrogen) atoms. The van der Waals surface area contributed by atoms with Gasteiger partial charge in [0.05, 0.1) is 11.2 Å². The van der Waals surface area contributed by atoms with Gasteiger partial charge in [0.15, 0.2) is 0 Å². The van der Waals surface area contributed by atoms with E-state index in [0.717, 1.165) is 49.7 Å². The smallest absolute Gasteiger partial charge is 0.228 e. The molecule has 0 radical (unpaired) electrons. The first-order chi connectivity index (χ1) is 21.3. The third-order valence-electron chi connectivity index (χ3n) is 8.01. The molecule has 0 spiro atoms. The molecule has 1 N–H and O–H groups in total. The van der Waals surface area contributed by atoms with Crippen LogP contribution in [0.15, 0.2) is 158 Å². The molecule has 3 heteroatoms. The van der Waals surface area contributed by atoms with E-state index in [-0.39, 0.29) is 0 Å². The number of nitrogens with zero attached hydrogens (tertiary/aromatic N) is 2. The Kier molecular flexibility index (Phi) is 6.12. The van der Waals surface area contributed by atoms with E-state index in [1.165, 1.54) is 21.9 Å². The Balaban J connectivity index is 1.38. The minimum atomic E-state index is 0.569. The second-order valence-electron chi connectivity index (χ2n) is 10.8. The van der Waals surface area contributed by atoms with Gasteiger partial charge >= 0.3 is 0 Å². The van der Waals surface area contributed by atoms with Crippen molar-refractivity contribution in [2.75, 3.05) is 5.32 Å². The van der Waals surface area contributed by atoms with Gasteiger partial charge in [0.1, 0.15) is 0 Å². The summed E-state index contributed by atoms with van der Waals surface area (Å²) in [5.41, 5.74) is 8.43. The van der Waals surface area contributed by atoms with Crippen LogP contribution < -0.4 is 5.32 Å². The Morgan fingerprint density at radius 2 is 0.977 bits per heavy atom. The Hall–Kier alpha value is -5.80. The molecule has 0 fully saturated rings. The van der Waals surface area contributed by atoms with Gasteiger partial charge < -0.3 is 5.32 Å². The third kappa shape index (κ3) is 4.77. The molecule has 0 saturated heterocycles. The number of rotatable bonds is 5. The highest BCUT2D eigenvalue weighted by Gasteiger charge is 2.16. The summed E-state index contributed by atoms with van der Waals surface area (Å²) in [6, 6.07) is 55.3. The van der Waals surface area contributed by atoms with Crippen LogP contribution in [0.25, 0.3) is 66.0 Å². The molecule has 8 aromatic rings. The minimum absolute atomic E-state index is 0.569. The highest BCUT2D eigenvalue weighted by Crippen LogP contribution is 2.38. The first kappa shape index (κ1) is 25.0. The van der Waals surface area contributed by atoms with Crippen LogP contribution in [0, 0.1) is 0 Å². The summed E-state index contributed by atoms with van der Waals surface area (Å²) >= 11 is 0. The van der Waals surface area contributed by atoms with E-state index in [0.29, 0.717) is 5.95 Å². The Morgan fingerprint density at radius 1 is 0.395 bits per heavy atom. The summed E-state index contributed by atoms with van der Waals surface area (Å²) in [6.07, 6.45) is 0. The van der Waals surface area contributed by atoms with Crippen LogP contribution in [0.3, 0.4) is 0 Å². The first-order valence-electron chi connectivity index (χ1n) is 14.5. The summed E-state index contributed by atoms with van der Waals surface area (Å²) in [4.78, 5) is 10.3. The lowest BCUT2D eigenvalue weighted by Crippen LogP contribution is -2.01. The van der Waals surface area contributed by atoms with E-state index < -0.39 is 0 Å². The molecule has 0 amide bonds. The van der Waals surface area contributed by atoms with Gasteiger partial charge in [-0.1, -0.05) is 121 Å². The largest absolute Gasteiger partial charge is 0.324 e. The maximum Gasteiger partial charge on any atom is 0.228 e. The van der Waals surface area contributed by atoms with Crippen molar-refractivity contribution in [1.82, 2.24) is 9.97 Å². The summed E-state index contributed by atoms with van der Waals surface area (Å²) in [5.74, 6) is 0.569. The number of hydrogen-bond acceptors (Lipinski definition) is 3. The van der Waals surface area contributed by atoms with Crippen molar-refractivity contribution >= 4 is 44.1 Å². The van der Waals surface area contributed by atoms with Gasteiger partial charge in [0, 0.05) is 16.6 Å². The number of nitrogens with one attached hydrogen (secondary N) is 1. The van der Waals surface area contributed by atoms with Crippen molar-refractivity contribution in [3.8, 4) is 33.5 Å². The monoisotopic (exact) mass is 549 g/mol. The fourth-order valence-electron chi connectivity index (χ4n) is 5.92. The number of benzene rings is 7. The van der Waals surface area contributed by atoms with Crippen molar-refractivity contribution in [1.29, 1.82) is 0 Å². The minimum Gasteiger partial charge on any atom is -0.324 e. The molecule has 0 aliphatic carbocycles. The fraction of sp³-hybridized carbons (Fsp3) is 0. The Bertz CT molecular complexity index is 2200. The molecule has 0 atom stereocenters. The predicted molar refractivity (Wildman–Crippen MR) is 181 cm³/mol. The molecule has 0 aliphatic heterocycles. The van der Waals surface area contributed by atoms with Gasteiger partial charge in [-0.2, -0.15) is 0 Å². The average Bonchev–Trinajstić information content (AvgIpc) is 3.08. The maximum atomic E-state index is 5.24. The lowest BCUT2D eigenvalue weighted by atomic mass is 9.93. The SMILES string of the molecule is c1ccc(-c2cc(-c3ccccc3)cc(-c3nc(Nc4ccc5ccccc5c4)nc4ccc5ccccc5c34)c2)cc1. The molecule has 7 aromatic carbocycles. The van der Waals surface area contributed by atoms with Gasteiger partial charge in [0.25, 0.3) is 0 Å². The van der Waals surface area contributed by atoms with Gasteiger partial charge in [-0.15, -0.1) is 0 Å². The highest BCUT2D eigenvalue weighted by atomic mass is 15.1. The second-order valence-corrected chi connectivity index (χ2v) is 10.8. The average molecular weight is 550 g/mol. The number of anilines is 2. The summed E-state index contributed by atoms with van der Waals surface area (Å²) in [7, 11) is 0. The van der Waals surface area contributed by atoms with E-state index in [2.05, 4.69) is 163 Å². The molecular weight excluding hydrogens is 522 g/mol. The van der Waals surface area contributed by atoms with Gasteiger partial charge in [-0.05, 0) is 80.2 Å². The van der Waals surface area contributed by atoms with Crippen LogP contribution >= 0.6 is 0 Å². The normalized spacial score (nSPS) is 11.3. The molecule has 0 unspecified atom stereocenters. The molecule has 0 saturated carbocycles. The molecule has 0 aliphatic rings. The maximum absolute atomic E-state index is 5.24.